The summed E-state index contributed by atoms with van der Waals surface area (Å²) in [5, 5.41) is 6.58. The van der Waals surface area contributed by atoms with Gasteiger partial charge in [0.2, 0.25) is 5.95 Å². The zero-order chi connectivity index (χ0) is 11.2. The van der Waals surface area contributed by atoms with Crippen LogP contribution in [0.3, 0.4) is 0 Å². The Morgan fingerprint density at radius 1 is 1.44 bits per heavy atom. The third-order valence-corrected chi connectivity index (χ3v) is 2.62. The number of hydrogen-bond donors (Lipinski definition) is 2. The van der Waals surface area contributed by atoms with E-state index >= 15 is 0 Å². The van der Waals surface area contributed by atoms with Crippen LogP contribution in [0.25, 0.3) is 0 Å². The van der Waals surface area contributed by atoms with Gasteiger partial charge in [0.25, 0.3) is 0 Å². The molecule has 0 aromatic carbocycles. The van der Waals surface area contributed by atoms with Crippen molar-refractivity contribution in [1.82, 2.24) is 15.3 Å². The maximum absolute atomic E-state index is 4.50. The van der Waals surface area contributed by atoms with E-state index in [4.69, 9.17) is 0 Å². The molecule has 0 amide bonds. The molecular weight excluding hydrogens is 202 g/mol. The Morgan fingerprint density at radius 2 is 2.38 bits per heavy atom. The van der Waals surface area contributed by atoms with Crippen molar-refractivity contribution >= 4 is 11.8 Å². The zero-order valence-electron chi connectivity index (χ0n) is 9.74. The van der Waals surface area contributed by atoms with Gasteiger partial charge in [-0.1, -0.05) is 0 Å². The second kappa shape index (κ2) is 5.65. The van der Waals surface area contributed by atoms with Crippen molar-refractivity contribution in [2.75, 3.05) is 42.9 Å². The topological polar surface area (TPSA) is 53.1 Å². The molecular formula is C11H19N5. The van der Waals surface area contributed by atoms with Gasteiger partial charge in [0.15, 0.2) is 0 Å². The minimum absolute atomic E-state index is 0.835. The van der Waals surface area contributed by atoms with E-state index in [0.717, 1.165) is 50.9 Å². The third kappa shape index (κ3) is 2.82. The van der Waals surface area contributed by atoms with Crippen LogP contribution in [-0.2, 0) is 0 Å². The maximum atomic E-state index is 4.50. The summed E-state index contributed by atoms with van der Waals surface area (Å²) in [7, 11) is 0. The molecule has 0 atom stereocenters. The molecule has 0 spiro atoms. The van der Waals surface area contributed by atoms with Gasteiger partial charge >= 0.3 is 0 Å². The molecule has 2 heterocycles. The van der Waals surface area contributed by atoms with Crippen LogP contribution in [0, 0.1) is 0 Å². The minimum atomic E-state index is 0.835. The monoisotopic (exact) mass is 221 g/mol. The zero-order valence-corrected chi connectivity index (χ0v) is 9.74. The van der Waals surface area contributed by atoms with Crippen LogP contribution in [-0.4, -0.2) is 42.7 Å². The Morgan fingerprint density at radius 3 is 3.25 bits per heavy atom. The molecule has 1 aromatic heterocycles. The van der Waals surface area contributed by atoms with Crippen molar-refractivity contribution < 1.29 is 0 Å². The summed E-state index contributed by atoms with van der Waals surface area (Å²) in [4.78, 5) is 11.1. The van der Waals surface area contributed by atoms with Crippen molar-refractivity contribution in [1.29, 1.82) is 0 Å². The highest BCUT2D eigenvalue weighted by atomic mass is 15.3. The normalized spacial score (nSPS) is 16.9. The lowest BCUT2D eigenvalue weighted by Crippen LogP contribution is -2.29. The number of nitrogens with one attached hydrogen (secondary N) is 2. The number of aromatic nitrogens is 2. The maximum Gasteiger partial charge on any atom is 0.227 e. The van der Waals surface area contributed by atoms with Gasteiger partial charge in [0, 0.05) is 32.4 Å². The van der Waals surface area contributed by atoms with E-state index in [-0.39, 0.29) is 0 Å². The van der Waals surface area contributed by atoms with E-state index < -0.39 is 0 Å². The SMILES string of the molecule is CCNc1ccnc(N2CCCNCC2)n1. The van der Waals surface area contributed by atoms with Crippen LogP contribution in [0.15, 0.2) is 12.3 Å². The Kier molecular flexibility index (Phi) is 3.93. The molecule has 5 nitrogen and oxygen atoms in total. The van der Waals surface area contributed by atoms with Gasteiger partial charge in [0.1, 0.15) is 5.82 Å². The highest BCUT2D eigenvalue weighted by Crippen LogP contribution is 2.11. The highest BCUT2D eigenvalue weighted by molar-refractivity contribution is 5.41. The molecule has 1 aliphatic heterocycles. The average molecular weight is 221 g/mol. The first-order chi connectivity index (χ1) is 7.90. The predicted octanol–water partition coefficient (Wildman–Crippen LogP) is 0.708. The number of nitrogens with zero attached hydrogens (tertiary/aromatic N) is 3. The summed E-state index contributed by atoms with van der Waals surface area (Å²) in [6, 6.07) is 1.91. The lowest BCUT2D eigenvalue weighted by atomic mass is 10.4. The van der Waals surface area contributed by atoms with Crippen LogP contribution < -0.4 is 15.5 Å². The van der Waals surface area contributed by atoms with E-state index in [1.165, 1.54) is 0 Å². The van der Waals surface area contributed by atoms with Gasteiger partial charge in [-0.15, -0.1) is 0 Å². The van der Waals surface area contributed by atoms with Crippen molar-refractivity contribution in [2.45, 2.75) is 13.3 Å². The molecule has 1 aliphatic rings. The van der Waals surface area contributed by atoms with Crippen molar-refractivity contribution in [3.8, 4) is 0 Å². The Bertz CT molecular complexity index is 320. The van der Waals surface area contributed by atoms with Gasteiger partial charge in [-0.3, -0.25) is 0 Å². The van der Waals surface area contributed by atoms with E-state index in [1.807, 2.05) is 12.3 Å². The van der Waals surface area contributed by atoms with Crippen LogP contribution in [0.5, 0.6) is 0 Å². The van der Waals surface area contributed by atoms with Crippen LogP contribution in [0.4, 0.5) is 11.8 Å². The van der Waals surface area contributed by atoms with Gasteiger partial charge in [-0.25, -0.2) is 4.98 Å². The fourth-order valence-electron chi connectivity index (χ4n) is 1.83. The molecule has 5 heteroatoms. The summed E-state index contributed by atoms with van der Waals surface area (Å²) in [5.41, 5.74) is 0. The molecule has 88 valence electrons. The summed E-state index contributed by atoms with van der Waals surface area (Å²) < 4.78 is 0. The summed E-state index contributed by atoms with van der Waals surface area (Å²) in [5.74, 6) is 1.74. The average Bonchev–Trinajstić information content (AvgIpc) is 2.58. The fourth-order valence-corrected chi connectivity index (χ4v) is 1.83. The molecule has 1 aromatic rings. The smallest absolute Gasteiger partial charge is 0.227 e. The predicted molar refractivity (Wildman–Crippen MR) is 65.9 cm³/mol. The quantitative estimate of drug-likeness (QED) is 0.787. The molecule has 2 rings (SSSR count). The second-order valence-electron chi connectivity index (χ2n) is 3.86. The van der Waals surface area contributed by atoms with Gasteiger partial charge in [-0.05, 0) is 26.0 Å². The summed E-state index contributed by atoms with van der Waals surface area (Å²) >= 11 is 0. The largest absolute Gasteiger partial charge is 0.370 e. The van der Waals surface area contributed by atoms with E-state index in [9.17, 15) is 0 Å². The van der Waals surface area contributed by atoms with Crippen molar-refractivity contribution in [2.24, 2.45) is 0 Å². The molecule has 1 fully saturated rings. The first-order valence-corrected chi connectivity index (χ1v) is 5.92. The van der Waals surface area contributed by atoms with Crippen molar-refractivity contribution in [3.63, 3.8) is 0 Å². The standard InChI is InChI=1S/C11H19N5/c1-2-13-10-4-6-14-11(15-10)16-8-3-5-12-7-9-16/h4,6,12H,2-3,5,7-9H2,1H3,(H,13,14,15). The molecule has 2 N–H and O–H groups in total. The molecule has 1 saturated heterocycles. The summed E-state index contributed by atoms with van der Waals surface area (Å²) in [6.07, 6.45) is 2.97. The number of rotatable bonds is 3. The Hall–Kier alpha value is -1.36. The van der Waals surface area contributed by atoms with Gasteiger partial charge in [-0.2, -0.15) is 4.98 Å². The Balaban J connectivity index is 2.08. The second-order valence-corrected chi connectivity index (χ2v) is 3.86. The minimum Gasteiger partial charge on any atom is -0.370 e. The highest BCUT2D eigenvalue weighted by Gasteiger charge is 2.11. The van der Waals surface area contributed by atoms with Gasteiger partial charge < -0.3 is 15.5 Å². The molecule has 16 heavy (non-hydrogen) atoms. The molecule has 0 unspecified atom stereocenters. The lowest BCUT2D eigenvalue weighted by Gasteiger charge is -2.20. The van der Waals surface area contributed by atoms with E-state index in [1.54, 1.807) is 0 Å². The number of hydrogen-bond acceptors (Lipinski definition) is 5. The van der Waals surface area contributed by atoms with Crippen LogP contribution in [0.2, 0.25) is 0 Å². The number of anilines is 2. The van der Waals surface area contributed by atoms with E-state index in [0.29, 0.717) is 0 Å². The van der Waals surface area contributed by atoms with Gasteiger partial charge in [0.05, 0.1) is 0 Å². The third-order valence-electron chi connectivity index (χ3n) is 2.62. The first-order valence-electron chi connectivity index (χ1n) is 5.92. The van der Waals surface area contributed by atoms with Crippen molar-refractivity contribution in [3.05, 3.63) is 12.3 Å². The van der Waals surface area contributed by atoms with Crippen LogP contribution in [0.1, 0.15) is 13.3 Å². The fraction of sp³-hybridized carbons (Fsp3) is 0.636. The Labute approximate surface area is 96.3 Å². The first kappa shape index (κ1) is 11.1. The van der Waals surface area contributed by atoms with Crippen LogP contribution >= 0.6 is 0 Å². The molecule has 0 radical (unpaired) electrons. The lowest BCUT2D eigenvalue weighted by molar-refractivity contribution is 0.724. The molecule has 0 bridgehead atoms. The van der Waals surface area contributed by atoms with E-state index in [2.05, 4.69) is 32.4 Å². The molecule has 0 saturated carbocycles. The summed E-state index contributed by atoms with van der Waals surface area (Å²) in [6.45, 7) is 7.06. The molecule has 0 aliphatic carbocycles.